The van der Waals surface area contributed by atoms with Crippen LogP contribution in [0.4, 0.5) is 5.69 Å². The van der Waals surface area contributed by atoms with Crippen LogP contribution in [0.1, 0.15) is 21.3 Å². The minimum absolute atomic E-state index is 0.0372. The average Bonchev–Trinajstić information content (AvgIpc) is 3.18. The summed E-state index contributed by atoms with van der Waals surface area (Å²) in [5.74, 6) is 1.64. The van der Waals surface area contributed by atoms with Crippen molar-refractivity contribution < 1.29 is 14.5 Å². The Labute approximate surface area is 171 Å². The zero-order valence-corrected chi connectivity index (χ0v) is 17.3. The van der Waals surface area contributed by atoms with Gasteiger partial charge in [0.05, 0.1) is 12.0 Å². The van der Waals surface area contributed by atoms with Crippen molar-refractivity contribution in [1.29, 1.82) is 0 Å². The Hall–Kier alpha value is -2.25. The molecule has 1 saturated heterocycles. The summed E-state index contributed by atoms with van der Waals surface area (Å²) in [4.78, 5) is 22.9. The number of benzene rings is 2. The van der Waals surface area contributed by atoms with E-state index in [0.29, 0.717) is 0 Å². The smallest absolute Gasteiger partial charge is 0.344 e. The van der Waals surface area contributed by atoms with Crippen molar-refractivity contribution in [3.63, 3.8) is 0 Å². The van der Waals surface area contributed by atoms with Crippen LogP contribution in [0, 0.1) is 23.1 Å². The van der Waals surface area contributed by atoms with Crippen molar-refractivity contribution in [3.8, 4) is 0 Å². The molecule has 0 radical (unpaired) electrons. The standard InChI is InChI=1S/C21H21NO4S2/c1-15-3-8-17(9-4-15)21-27-13-14-28(21)19(20(23)26-2)12-7-16-5-10-18(11-6-16)22(24)25/h3-11,19,21H,13-14H2,1-2H3. The fraction of sp³-hybridized carbons (Fsp3) is 0.286. The number of rotatable bonds is 6. The van der Waals surface area contributed by atoms with Gasteiger partial charge in [0.1, 0.15) is 5.75 Å². The summed E-state index contributed by atoms with van der Waals surface area (Å²) in [6.45, 7) is 2.06. The topological polar surface area (TPSA) is 69.4 Å². The Morgan fingerprint density at radius 3 is 2.57 bits per heavy atom. The summed E-state index contributed by atoms with van der Waals surface area (Å²) < 4.78 is 5.29. The number of carbonyl (C=O) groups is 1. The molecular formula is C21H21NO4S2. The molecule has 7 heteroatoms. The quantitative estimate of drug-likeness (QED) is 0.231. The minimum atomic E-state index is -0.457. The number of aryl methyl sites for hydroxylation is 1. The highest BCUT2D eigenvalue weighted by atomic mass is 32.2. The van der Waals surface area contributed by atoms with Crippen LogP contribution >= 0.6 is 11.8 Å². The molecule has 0 spiro atoms. The van der Waals surface area contributed by atoms with Crippen LogP contribution in [0.5, 0.6) is 0 Å². The third-order valence-electron chi connectivity index (χ3n) is 4.44. The van der Waals surface area contributed by atoms with Gasteiger partial charge in [0.15, 0.2) is 9.83 Å². The van der Waals surface area contributed by atoms with E-state index in [2.05, 4.69) is 37.3 Å². The monoisotopic (exact) mass is 415 g/mol. The average molecular weight is 416 g/mol. The fourth-order valence-electron chi connectivity index (χ4n) is 2.93. The number of nitrogens with zero attached hydrogens (tertiary/aromatic N) is 1. The second-order valence-electron chi connectivity index (χ2n) is 6.35. The second kappa shape index (κ2) is 9.30. The Morgan fingerprint density at radius 2 is 1.96 bits per heavy atom. The third kappa shape index (κ3) is 4.77. The van der Waals surface area contributed by atoms with Gasteiger partial charge in [-0.2, -0.15) is 5.56 Å². The van der Waals surface area contributed by atoms with Gasteiger partial charge >= 0.3 is 5.97 Å². The number of hydrogen-bond acceptors (Lipinski definition) is 5. The molecule has 1 aliphatic heterocycles. The van der Waals surface area contributed by atoms with Gasteiger partial charge in [-0.15, -0.1) is 12.1 Å². The number of non-ortho nitro benzene ring substituents is 1. The molecule has 3 atom stereocenters. The predicted molar refractivity (Wildman–Crippen MR) is 115 cm³/mol. The molecule has 2 aromatic rings. The molecule has 0 saturated carbocycles. The lowest BCUT2D eigenvalue weighted by Crippen LogP contribution is -2.32. The molecule has 3 unspecified atom stereocenters. The first-order chi connectivity index (χ1) is 13.5. The Bertz CT molecular complexity index is 865. The maximum atomic E-state index is 12.5. The predicted octanol–water partition coefficient (Wildman–Crippen LogP) is 4.33. The van der Waals surface area contributed by atoms with E-state index in [1.54, 1.807) is 18.2 Å². The molecule has 1 aliphatic rings. The molecule has 3 rings (SSSR count). The maximum Gasteiger partial charge on any atom is 0.344 e. The zero-order chi connectivity index (χ0) is 20.1. The van der Waals surface area contributed by atoms with Crippen LogP contribution in [0.3, 0.4) is 0 Å². The molecule has 146 valence electrons. The van der Waals surface area contributed by atoms with E-state index in [0.717, 1.165) is 17.1 Å². The van der Waals surface area contributed by atoms with E-state index in [9.17, 15) is 14.9 Å². The Kier molecular flexibility index (Phi) is 6.80. The lowest BCUT2D eigenvalue weighted by atomic mass is 10.2. The number of nitro groups is 1. The molecular weight excluding hydrogens is 394 g/mol. The van der Waals surface area contributed by atoms with E-state index < -0.39 is 10.2 Å². The van der Waals surface area contributed by atoms with Gasteiger partial charge < -0.3 is 4.74 Å². The Balaban J connectivity index is 1.83. The molecule has 0 N–H and O–H groups in total. The van der Waals surface area contributed by atoms with Gasteiger partial charge in [0.25, 0.3) is 5.69 Å². The maximum absolute atomic E-state index is 12.5. The van der Waals surface area contributed by atoms with Crippen LogP contribution in [-0.2, 0) is 20.4 Å². The number of methoxy groups -OCH3 is 1. The zero-order valence-electron chi connectivity index (χ0n) is 15.7. The molecule has 2 aromatic carbocycles. The van der Waals surface area contributed by atoms with Gasteiger partial charge in [-0.1, -0.05) is 41.6 Å². The molecule has 0 aliphatic carbocycles. The molecule has 1 heterocycles. The number of thioether (sulfide) groups is 1. The van der Waals surface area contributed by atoms with Crippen LogP contribution in [0.15, 0.2) is 48.5 Å². The van der Waals surface area contributed by atoms with Crippen LogP contribution in [0.25, 0.3) is 6.08 Å². The summed E-state index contributed by atoms with van der Waals surface area (Å²) in [5.41, 5.74) is 3.24. The summed E-state index contributed by atoms with van der Waals surface area (Å²) in [6.07, 6.45) is 4.95. The van der Waals surface area contributed by atoms with Crippen LogP contribution < -0.4 is 0 Å². The highest BCUT2D eigenvalue weighted by Crippen LogP contribution is 2.44. The fourth-order valence-corrected chi connectivity index (χ4v) is 8.05. The summed E-state index contributed by atoms with van der Waals surface area (Å²) >= 11 is 1.87. The molecule has 1 fully saturated rings. The number of esters is 1. The van der Waals surface area contributed by atoms with Crippen LogP contribution in [0.2, 0.25) is 0 Å². The van der Waals surface area contributed by atoms with Gasteiger partial charge in [0.2, 0.25) is 0 Å². The highest BCUT2D eigenvalue weighted by molar-refractivity contribution is 8.18. The molecule has 0 aromatic heterocycles. The van der Waals surface area contributed by atoms with E-state index in [1.807, 2.05) is 11.8 Å². The molecule has 28 heavy (non-hydrogen) atoms. The molecule has 0 bridgehead atoms. The number of ether oxygens (including phenoxy) is 1. The van der Waals surface area contributed by atoms with Crippen molar-refractivity contribution in [1.82, 2.24) is 0 Å². The van der Waals surface area contributed by atoms with Gasteiger partial charge in [-0.25, -0.2) is 16.9 Å². The molecule has 5 nitrogen and oxygen atoms in total. The van der Waals surface area contributed by atoms with Crippen molar-refractivity contribution in [2.75, 3.05) is 18.6 Å². The molecule has 0 amide bonds. The van der Waals surface area contributed by atoms with Gasteiger partial charge in [0, 0.05) is 22.2 Å². The summed E-state index contributed by atoms with van der Waals surface area (Å²) in [5, 5.41) is 10.3. The third-order valence-corrected chi connectivity index (χ3v) is 9.29. The number of nitro benzene ring substituents is 1. The van der Waals surface area contributed by atoms with Crippen molar-refractivity contribution in [3.05, 3.63) is 81.4 Å². The first-order valence-corrected chi connectivity index (χ1v) is 11.3. The van der Waals surface area contributed by atoms with E-state index in [4.69, 9.17) is 4.74 Å². The van der Waals surface area contributed by atoms with Gasteiger partial charge in [-0.05, 0) is 19.1 Å². The van der Waals surface area contributed by atoms with E-state index in [-0.39, 0.29) is 27.1 Å². The number of hydrogen-bond donors (Lipinski definition) is 0. The van der Waals surface area contributed by atoms with E-state index in [1.165, 1.54) is 30.4 Å². The normalized spacial score (nSPS) is 20.2. The highest BCUT2D eigenvalue weighted by Gasteiger charge is 2.44. The Morgan fingerprint density at radius 1 is 1.29 bits per heavy atom. The van der Waals surface area contributed by atoms with Crippen molar-refractivity contribution >= 4 is 40.4 Å². The van der Waals surface area contributed by atoms with Crippen molar-refractivity contribution in [2.24, 2.45) is 0 Å². The second-order valence-corrected chi connectivity index (χ2v) is 10.2. The largest absolute Gasteiger partial charge is 0.466 e. The summed E-state index contributed by atoms with van der Waals surface area (Å²) in [7, 11) is 1.16. The lowest BCUT2D eigenvalue weighted by molar-refractivity contribution is -0.384. The van der Waals surface area contributed by atoms with Crippen molar-refractivity contribution in [2.45, 2.75) is 16.8 Å². The summed E-state index contributed by atoms with van der Waals surface area (Å²) in [6, 6.07) is 14.7. The minimum Gasteiger partial charge on any atom is -0.466 e. The first kappa shape index (κ1) is 20.5. The SMILES string of the molecule is COC(=O)C([C-]=Cc1ccc([N+](=O)[O-])cc1)[S+]1CCSC1c1ccc(C)cc1. The van der Waals surface area contributed by atoms with E-state index >= 15 is 0 Å². The number of carbonyl (C=O) groups excluding carboxylic acids is 1. The first-order valence-electron chi connectivity index (χ1n) is 8.78. The van der Waals surface area contributed by atoms with Gasteiger partial charge in [-0.3, -0.25) is 10.1 Å². The van der Waals surface area contributed by atoms with Crippen LogP contribution in [-0.4, -0.2) is 34.8 Å². The lowest BCUT2D eigenvalue weighted by Gasteiger charge is -2.20.